The summed E-state index contributed by atoms with van der Waals surface area (Å²) in [4.78, 5) is 13.6. The number of pyridine rings is 1. The van der Waals surface area contributed by atoms with Crippen LogP contribution in [0.4, 0.5) is 15.8 Å². The van der Waals surface area contributed by atoms with Gasteiger partial charge in [0.05, 0.1) is 40.0 Å². The van der Waals surface area contributed by atoms with Crippen molar-refractivity contribution in [3.8, 4) is 5.75 Å². The minimum Gasteiger partial charge on any atom is -0.506 e. The van der Waals surface area contributed by atoms with Gasteiger partial charge in [0.15, 0.2) is 0 Å². The van der Waals surface area contributed by atoms with Gasteiger partial charge >= 0.3 is 0 Å². The van der Waals surface area contributed by atoms with Gasteiger partial charge < -0.3 is 15.0 Å². The van der Waals surface area contributed by atoms with Gasteiger partial charge in [0.25, 0.3) is 5.56 Å². The van der Waals surface area contributed by atoms with Gasteiger partial charge in [0.2, 0.25) is 19.9 Å². The van der Waals surface area contributed by atoms with E-state index in [-0.39, 0.29) is 34.1 Å². The van der Waals surface area contributed by atoms with Crippen LogP contribution >= 0.6 is 0 Å². The van der Waals surface area contributed by atoms with E-state index in [1.54, 1.807) is 18.2 Å². The lowest BCUT2D eigenvalue weighted by Crippen LogP contribution is -2.27. The number of aryl methyl sites for hydroxylation is 1. The van der Waals surface area contributed by atoms with E-state index in [0.29, 0.717) is 16.5 Å². The fourth-order valence-corrected chi connectivity index (χ4v) is 6.27. The molecule has 38 heavy (non-hydrogen) atoms. The van der Waals surface area contributed by atoms with Crippen molar-refractivity contribution in [3.63, 3.8) is 0 Å². The first-order valence-electron chi connectivity index (χ1n) is 11.3. The average molecular weight is 556 g/mol. The molecular weight excluding hydrogens is 533 g/mol. The number of aromatic nitrogens is 1. The largest absolute Gasteiger partial charge is 0.506 e. The maximum absolute atomic E-state index is 13.8. The summed E-state index contributed by atoms with van der Waals surface area (Å²) in [5.41, 5.74) is 0.965. The fourth-order valence-electron chi connectivity index (χ4n) is 4.38. The topological polar surface area (TPSA) is 135 Å². The summed E-state index contributed by atoms with van der Waals surface area (Å²) in [6.45, 7) is 1.86. The number of halogens is 1. The van der Waals surface area contributed by atoms with Crippen LogP contribution in [0, 0.1) is 12.7 Å². The summed E-state index contributed by atoms with van der Waals surface area (Å²) in [6, 6.07) is 14.7. The van der Waals surface area contributed by atoms with Gasteiger partial charge in [-0.15, -0.1) is 0 Å². The number of nitrogens with zero attached hydrogens (tertiary/aromatic N) is 1. The van der Waals surface area contributed by atoms with E-state index in [2.05, 4.69) is 10.0 Å². The molecule has 4 aromatic rings. The number of sulfone groups is 1. The Balaban J connectivity index is 1.70. The Bertz CT molecular complexity index is 1930. The summed E-state index contributed by atoms with van der Waals surface area (Å²) in [7, 11) is -7.79. The molecule has 0 spiro atoms. The molecule has 0 saturated carbocycles. The number of fused-ring (bicyclic) bond motifs is 2. The summed E-state index contributed by atoms with van der Waals surface area (Å²) in [5, 5.41) is 15.3. The van der Waals surface area contributed by atoms with Gasteiger partial charge in [0, 0.05) is 11.1 Å². The summed E-state index contributed by atoms with van der Waals surface area (Å²) in [5.74, 6) is -0.819. The molecule has 196 valence electrons. The van der Waals surface area contributed by atoms with Crippen LogP contribution in [0.1, 0.15) is 16.7 Å². The second-order valence-corrected chi connectivity index (χ2v) is 12.6. The van der Waals surface area contributed by atoms with E-state index in [1.807, 2.05) is 6.92 Å². The van der Waals surface area contributed by atoms with Crippen LogP contribution in [0.25, 0.3) is 16.6 Å². The van der Waals surface area contributed by atoms with Crippen molar-refractivity contribution in [1.82, 2.24) is 4.57 Å². The average Bonchev–Trinajstić information content (AvgIpc) is 2.82. The molecule has 1 aromatic heterocycles. The molecular formula is C26H22FN3O6S2. The predicted molar refractivity (Wildman–Crippen MR) is 144 cm³/mol. The molecule has 2 heterocycles. The molecule has 12 heteroatoms. The Morgan fingerprint density at radius 3 is 2.45 bits per heavy atom. The zero-order chi connectivity index (χ0) is 27.4. The van der Waals surface area contributed by atoms with Crippen LogP contribution < -0.4 is 15.6 Å². The van der Waals surface area contributed by atoms with Crippen molar-refractivity contribution in [1.29, 1.82) is 0 Å². The van der Waals surface area contributed by atoms with Crippen LogP contribution in [0.2, 0.25) is 0 Å². The highest BCUT2D eigenvalue weighted by atomic mass is 32.2. The van der Waals surface area contributed by atoms with Crippen molar-refractivity contribution >= 4 is 47.8 Å². The van der Waals surface area contributed by atoms with Crippen molar-refractivity contribution < 1.29 is 26.3 Å². The number of aromatic hydroxyl groups is 1. The number of benzene rings is 3. The standard InChI is InChI=1S/C26H22FN3O6S2/c1-15-3-10-22-19(11-15)25(31)24(26(32)30(22)13-16-4-6-17(27)7-5-16)21-14-38(35,36)23-12-18(29-37(2,33)34)8-9-20(23)28-21/h3-12,14,28-29,31H,13H2,1-2H3. The maximum atomic E-state index is 13.8. The third kappa shape index (κ3) is 4.75. The van der Waals surface area contributed by atoms with E-state index in [1.165, 1.54) is 47.0 Å². The minimum atomic E-state index is -4.15. The minimum absolute atomic E-state index is 0.0447. The zero-order valence-corrected chi connectivity index (χ0v) is 21.8. The molecule has 0 amide bonds. The Morgan fingerprint density at radius 2 is 1.76 bits per heavy atom. The monoisotopic (exact) mass is 555 g/mol. The molecule has 1 aliphatic rings. The lowest BCUT2D eigenvalue weighted by atomic mass is 10.0. The maximum Gasteiger partial charge on any atom is 0.264 e. The number of sulfonamides is 1. The molecule has 3 aromatic carbocycles. The molecule has 9 nitrogen and oxygen atoms in total. The van der Waals surface area contributed by atoms with Crippen molar-refractivity contribution in [2.75, 3.05) is 16.3 Å². The van der Waals surface area contributed by atoms with E-state index in [4.69, 9.17) is 0 Å². The molecule has 0 aliphatic carbocycles. The van der Waals surface area contributed by atoms with E-state index >= 15 is 0 Å². The van der Waals surface area contributed by atoms with Crippen LogP contribution in [-0.2, 0) is 26.4 Å². The van der Waals surface area contributed by atoms with Crippen molar-refractivity contribution in [2.24, 2.45) is 0 Å². The number of rotatable bonds is 5. The first kappa shape index (κ1) is 25.5. The Kier molecular flexibility index (Phi) is 6.03. The molecule has 0 bridgehead atoms. The highest BCUT2D eigenvalue weighted by molar-refractivity contribution is 7.94. The zero-order valence-electron chi connectivity index (χ0n) is 20.2. The first-order valence-corrected chi connectivity index (χ1v) is 14.7. The summed E-state index contributed by atoms with van der Waals surface area (Å²) < 4.78 is 66.6. The van der Waals surface area contributed by atoms with Gasteiger partial charge in [-0.05, 0) is 55.0 Å². The van der Waals surface area contributed by atoms with Crippen molar-refractivity contribution in [3.05, 3.63) is 98.9 Å². The van der Waals surface area contributed by atoms with E-state index in [0.717, 1.165) is 17.2 Å². The van der Waals surface area contributed by atoms with Crippen LogP contribution in [0.3, 0.4) is 0 Å². The molecule has 0 fully saturated rings. The normalized spacial score (nSPS) is 14.4. The number of nitrogens with one attached hydrogen (secondary N) is 2. The Hall–Kier alpha value is -4.16. The molecule has 3 N–H and O–H groups in total. The van der Waals surface area contributed by atoms with E-state index in [9.17, 15) is 31.1 Å². The SMILES string of the molecule is Cc1ccc2c(c1)c(O)c(C1=CS(=O)(=O)c3cc(NS(C)(=O)=O)ccc3N1)c(=O)n2Cc1ccc(F)cc1. The third-order valence-corrected chi connectivity index (χ3v) is 8.15. The lowest BCUT2D eigenvalue weighted by Gasteiger charge is -2.22. The van der Waals surface area contributed by atoms with Crippen LogP contribution in [0.15, 0.2) is 75.8 Å². The Labute approximate surface area is 217 Å². The van der Waals surface area contributed by atoms with Gasteiger partial charge in [-0.25, -0.2) is 21.2 Å². The molecule has 1 aliphatic heterocycles. The second kappa shape index (κ2) is 8.99. The summed E-state index contributed by atoms with van der Waals surface area (Å²) >= 11 is 0. The molecule has 0 saturated heterocycles. The Morgan fingerprint density at radius 1 is 1.05 bits per heavy atom. The van der Waals surface area contributed by atoms with Gasteiger partial charge in [0.1, 0.15) is 17.1 Å². The number of hydrogen-bond acceptors (Lipinski definition) is 7. The van der Waals surface area contributed by atoms with Gasteiger partial charge in [-0.1, -0.05) is 23.8 Å². The van der Waals surface area contributed by atoms with Gasteiger partial charge in [-0.3, -0.25) is 9.52 Å². The van der Waals surface area contributed by atoms with Crippen LogP contribution in [0.5, 0.6) is 5.75 Å². The highest BCUT2D eigenvalue weighted by Gasteiger charge is 2.29. The summed E-state index contributed by atoms with van der Waals surface area (Å²) in [6.07, 6.45) is 0.943. The van der Waals surface area contributed by atoms with Crippen molar-refractivity contribution in [2.45, 2.75) is 18.4 Å². The lowest BCUT2D eigenvalue weighted by molar-refractivity contribution is 0.477. The molecule has 0 radical (unpaired) electrons. The first-order chi connectivity index (χ1) is 17.8. The number of anilines is 2. The third-order valence-electron chi connectivity index (χ3n) is 6.05. The predicted octanol–water partition coefficient (Wildman–Crippen LogP) is 3.77. The quantitative estimate of drug-likeness (QED) is 0.341. The van der Waals surface area contributed by atoms with Crippen LogP contribution in [-0.4, -0.2) is 32.8 Å². The highest BCUT2D eigenvalue weighted by Crippen LogP contribution is 2.38. The number of hydrogen-bond donors (Lipinski definition) is 3. The second-order valence-electron chi connectivity index (χ2n) is 9.05. The molecule has 0 atom stereocenters. The molecule has 5 rings (SSSR count). The smallest absolute Gasteiger partial charge is 0.264 e. The fraction of sp³-hybridized carbons (Fsp3) is 0.115. The van der Waals surface area contributed by atoms with E-state index < -0.39 is 37.0 Å². The molecule has 0 unspecified atom stereocenters. The van der Waals surface area contributed by atoms with Gasteiger partial charge in [-0.2, -0.15) is 0 Å².